The largest absolute Gasteiger partial charge is 0.388 e. The molecule has 0 saturated carbocycles. The van der Waals surface area contributed by atoms with Gasteiger partial charge in [-0.15, -0.1) is 10.2 Å². The Morgan fingerprint density at radius 3 is 2.88 bits per heavy atom. The Morgan fingerprint density at radius 1 is 1.53 bits per heavy atom. The van der Waals surface area contributed by atoms with Gasteiger partial charge in [0.1, 0.15) is 5.82 Å². The lowest BCUT2D eigenvalue weighted by atomic mass is 10.1. The van der Waals surface area contributed by atoms with E-state index >= 15 is 0 Å². The standard InChI is InChI=1S/C10H10ClFN4O/c1-16-14-10(13-15-16)5-9(17)6-2-3-7(11)8(12)4-6/h2-4,9,17H,5H2,1H3. The minimum atomic E-state index is -0.883. The summed E-state index contributed by atoms with van der Waals surface area (Å²) in [6.07, 6.45) is -0.708. The number of nitrogens with zero attached hydrogens (tertiary/aromatic N) is 4. The van der Waals surface area contributed by atoms with E-state index in [2.05, 4.69) is 15.4 Å². The van der Waals surface area contributed by atoms with Gasteiger partial charge < -0.3 is 5.11 Å². The number of aliphatic hydroxyl groups excluding tert-OH is 1. The van der Waals surface area contributed by atoms with Gasteiger partial charge in [-0.2, -0.15) is 4.80 Å². The van der Waals surface area contributed by atoms with Crippen LogP contribution < -0.4 is 0 Å². The molecule has 1 N–H and O–H groups in total. The number of aliphatic hydroxyl groups is 1. The number of aryl methyl sites for hydroxylation is 1. The van der Waals surface area contributed by atoms with E-state index in [0.29, 0.717) is 11.4 Å². The molecule has 0 aliphatic carbocycles. The van der Waals surface area contributed by atoms with Crippen molar-refractivity contribution in [3.05, 3.63) is 40.4 Å². The van der Waals surface area contributed by atoms with Crippen LogP contribution in [0.2, 0.25) is 5.02 Å². The van der Waals surface area contributed by atoms with Gasteiger partial charge in [0.25, 0.3) is 0 Å². The van der Waals surface area contributed by atoms with Crippen LogP contribution in [0.3, 0.4) is 0 Å². The summed E-state index contributed by atoms with van der Waals surface area (Å²) in [7, 11) is 1.63. The van der Waals surface area contributed by atoms with Crippen molar-refractivity contribution in [3.63, 3.8) is 0 Å². The van der Waals surface area contributed by atoms with Crippen LogP contribution in [0.25, 0.3) is 0 Å². The lowest BCUT2D eigenvalue weighted by Crippen LogP contribution is -2.04. The quantitative estimate of drug-likeness (QED) is 0.899. The minimum Gasteiger partial charge on any atom is -0.388 e. The van der Waals surface area contributed by atoms with E-state index in [1.165, 1.54) is 16.9 Å². The van der Waals surface area contributed by atoms with Crippen molar-refractivity contribution in [3.8, 4) is 0 Å². The van der Waals surface area contributed by atoms with Gasteiger partial charge in [0, 0.05) is 6.42 Å². The van der Waals surface area contributed by atoms with E-state index < -0.39 is 11.9 Å². The zero-order valence-corrected chi connectivity index (χ0v) is 9.76. The molecule has 17 heavy (non-hydrogen) atoms. The summed E-state index contributed by atoms with van der Waals surface area (Å²) in [5.74, 6) is -0.161. The summed E-state index contributed by atoms with van der Waals surface area (Å²) in [5, 5.41) is 21.2. The van der Waals surface area contributed by atoms with Crippen molar-refractivity contribution in [2.45, 2.75) is 12.5 Å². The summed E-state index contributed by atoms with van der Waals surface area (Å²) in [6.45, 7) is 0. The van der Waals surface area contributed by atoms with E-state index in [9.17, 15) is 9.50 Å². The normalized spacial score (nSPS) is 12.7. The maximum absolute atomic E-state index is 13.2. The van der Waals surface area contributed by atoms with E-state index in [4.69, 9.17) is 11.6 Å². The fourth-order valence-corrected chi connectivity index (χ4v) is 1.53. The van der Waals surface area contributed by atoms with Gasteiger partial charge in [-0.1, -0.05) is 17.7 Å². The van der Waals surface area contributed by atoms with Crippen molar-refractivity contribution in [2.75, 3.05) is 0 Å². The molecule has 0 spiro atoms. The zero-order chi connectivity index (χ0) is 12.4. The maximum Gasteiger partial charge on any atom is 0.177 e. The average Bonchev–Trinajstić information content (AvgIpc) is 2.68. The summed E-state index contributed by atoms with van der Waals surface area (Å²) in [4.78, 5) is 1.30. The average molecular weight is 257 g/mol. The Morgan fingerprint density at radius 2 is 2.29 bits per heavy atom. The first kappa shape index (κ1) is 11.9. The predicted octanol–water partition coefficient (Wildman–Crippen LogP) is 1.28. The molecule has 2 rings (SSSR count). The van der Waals surface area contributed by atoms with E-state index in [-0.39, 0.29) is 11.4 Å². The Labute approximate surface area is 102 Å². The number of hydrogen-bond acceptors (Lipinski definition) is 4. The molecule has 2 aromatic rings. The molecule has 0 radical (unpaired) electrons. The lowest BCUT2D eigenvalue weighted by molar-refractivity contribution is 0.175. The minimum absolute atomic E-state index is 0.0265. The van der Waals surface area contributed by atoms with Gasteiger partial charge >= 0.3 is 0 Å². The second-order valence-electron chi connectivity index (χ2n) is 3.59. The third-order valence-electron chi connectivity index (χ3n) is 2.25. The third kappa shape index (κ3) is 2.78. The van der Waals surface area contributed by atoms with Crippen molar-refractivity contribution in [1.82, 2.24) is 20.2 Å². The fourth-order valence-electron chi connectivity index (χ4n) is 1.42. The highest BCUT2D eigenvalue weighted by Crippen LogP contribution is 2.21. The zero-order valence-electron chi connectivity index (χ0n) is 9.01. The smallest absolute Gasteiger partial charge is 0.177 e. The highest BCUT2D eigenvalue weighted by Gasteiger charge is 2.13. The number of hydrogen-bond donors (Lipinski definition) is 1. The molecule has 0 bridgehead atoms. The van der Waals surface area contributed by atoms with Crippen LogP contribution in [0.15, 0.2) is 18.2 Å². The Kier molecular flexibility index (Phi) is 3.35. The summed E-state index contributed by atoms with van der Waals surface area (Å²) in [6, 6.07) is 4.16. The molecule has 1 atom stereocenters. The summed E-state index contributed by atoms with van der Waals surface area (Å²) < 4.78 is 13.2. The first-order valence-electron chi connectivity index (χ1n) is 4.92. The molecule has 0 aliphatic rings. The van der Waals surface area contributed by atoms with Crippen LogP contribution in [0.1, 0.15) is 17.5 Å². The van der Waals surface area contributed by atoms with Gasteiger partial charge in [0.05, 0.1) is 18.2 Å². The van der Waals surface area contributed by atoms with Crippen molar-refractivity contribution in [1.29, 1.82) is 0 Å². The molecule has 1 aromatic heterocycles. The Bertz CT molecular complexity index is 531. The third-order valence-corrected chi connectivity index (χ3v) is 2.56. The highest BCUT2D eigenvalue weighted by atomic mass is 35.5. The van der Waals surface area contributed by atoms with Crippen molar-refractivity contribution >= 4 is 11.6 Å². The van der Waals surface area contributed by atoms with Gasteiger partial charge in [-0.3, -0.25) is 0 Å². The van der Waals surface area contributed by atoms with Crippen LogP contribution in [-0.4, -0.2) is 25.3 Å². The van der Waals surface area contributed by atoms with Crippen LogP contribution >= 0.6 is 11.6 Å². The Balaban J connectivity index is 2.14. The molecule has 0 fully saturated rings. The van der Waals surface area contributed by atoms with Crippen molar-refractivity contribution < 1.29 is 9.50 Å². The molecular formula is C10H10ClFN4O. The SMILES string of the molecule is Cn1nnc(CC(O)c2ccc(Cl)c(F)c2)n1. The summed E-state index contributed by atoms with van der Waals surface area (Å²) >= 11 is 5.55. The molecular weight excluding hydrogens is 247 g/mol. The summed E-state index contributed by atoms with van der Waals surface area (Å²) in [5.41, 5.74) is 0.430. The first-order valence-corrected chi connectivity index (χ1v) is 5.30. The van der Waals surface area contributed by atoms with E-state index in [1.807, 2.05) is 0 Å². The molecule has 0 aliphatic heterocycles. The van der Waals surface area contributed by atoms with Crippen LogP contribution in [0.5, 0.6) is 0 Å². The molecule has 1 unspecified atom stereocenters. The van der Waals surface area contributed by atoms with Crippen LogP contribution in [0.4, 0.5) is 4.39 Å². The number of aromatic nitrogens is 4. The highest BCUT2D eigenvalue weighted by molar-refractivity contribution is 6.30. The second-order valence-corrected chi connectivity index (χ2v) is 4.00. The maximum atomic E-state index is 13.2. The molecule has 90 valence electrons. The molecule has 1 aromatic carbocycles. The van der Waals surface area contributed by atoms with E-state index in [1.54, 1.807) is 13.1 Å². The monoisotopic (exact) mass is 256 g/mol. The number of benzene rings is 1. The van der Waals surface area contributed by atoms with Crippen LogP contribution in [0, 0.1) is 5.82 Å². The molecule has 5 nitrogen and oxygen atoms in total. The second kappa shape index (κ2) is 4.77. The molecule has 1 heterocycles. The van der Waals surface area contributed by atoms with Gasteiger partial charge in [0.15, 0.2) is 5.82 Å². The van der Waals surface area contributed by atoms with Gasteiger partial charge in [-0.25, -0.2) is 4.39 Å². The number of halogens is 2. The number of rotatable bonds is 3. The first-order chi connectivity index (χ1) is 8.06. The Hall–Kier alpha value is -1.53. The molecule has 7 heteroatoms. The number of tetrazole rings is 1. The molecule has 0 amide bonds. The predicted molar refractivity (Wildman–Crippen MR) is 58.9 cm³/mol. The lowest BCUT2D eigenvalue weighted by Gasteiger charge is -2.08. The molecule has 0 saturated heterocycles. The van der Waals surface area contributed by atoms with Gasteiger partial charge in [0.2, 0.25) is 0 Å². The van der Waals surface area contributed by atoms with Crippen LogP contribution in [-0.2, 0) is 13.5 Å². The van der Waals surface area contributed by atoms with Crippen molar-refractivity contribution in [2.24, 2.45) is 7.05 Å². The topological polar surface area (TPSA) is 63.8 Å². The fraction of sp³-hybridized carbons (Fsp3) is 0.300. The van der Waals surface area contributed by atoms with E-state index in [0.717, 1.165) is 0 Å². The van der Waals surface area contributed by atoms with Gasteiger partial charge in [-0.05, 0) is 22.9 Å².